The lowest BCUT2D eigenvalue weighted by atomic mass is 10.1. The predicted molar refractivity (Wildman–Crippen MR) is 75.2 cm³/mol. The molecule has 4 nitrogen and oxygen atoms in total. The number of halogens is 1. The fourth-order valence-electron chi connectivity index (χ4n) is 2.17. The van der Waals surface area contributed by atoms with E-state index in [-0.39, 0.29) is 18.3 Å². The molecule has 5 heteroatoms. The lowest BCUT2D eigenvalue weighted by Gasteiger charge is -2.18. The Morgan fingerprint density at radius 3 is 3.10 bits per heavy atom. The number of nitrogens with one attached hydrogen (secondary N) is 1. The van der Waals surface area contributed by atoms with Gasteiger partial charge in [0.15, 0.2) is 0 Å². The third-order valence-corrected chi connectivity index (χ3v) is 3.10. The van der Waals surface area contributed by atoms with Gasteiger partial charge in [-0.2, -0.15) is 0 Å². The quantitative estimate of drug-likeness (QED) is 0.771. The van der Waals surface area contributed by atoms with Crippen molar-refractivity contribution in [2.75, 3.05) is 26.2 Å². The van der Waals surface area contributed by atoms with Crippen molar-refractivity contribution in [1.82, 2.24) is 10.2 Å². The maximum atomic E-state index is 13.6. The second-order valence-corrected chi connectivity index (χ2v) is 4.73. The summed E-state index contributed by atoms with van der Waals surface area (Å²) in [5, 5.41) is 2.83. The molecule has 1 aliphatic rings. The minimum atomic E-state index is -0.344. The molecule has 1 aromatic rings. The molecular weight excluding hydrogens is 257 g/mol. The van der Waals surface area contributed by atoms with Gasteiger partial charge in [-0.1, -0.05) is 17.9 Å². The molecular formula is C15H18FN3O. The Labute approximate surface area is 118 Å². The van der Waals surface area contributed by atoms with Crippen LogP contribution in [0.15, 0.2) is 18.2 Å². The minimum Gasteiger partial charge on any atom is -0.355 e. The fourth-order valence-corrected chi connectivity index (χ4v) is 2.17. The standard InChI is InChI=1S/C15H18FN3O/c16-14-5-4-12(9-13(14)3-1-6-17)10-19-8-2-7-18-15(20)11-19/h4-5,9H,2,6-8,10-11,17H2,(H,18,20). The molecule has 1 aromatic carbocycles. The van der Waals surface area contributed by atoms with Gasteiger partial charge in [-0.25, -0.2) is 4.39 Å². The van der Waals surface area contributed by atoms with E-state index >= 15 is 0 Å². The fraction of sp³-hybridized carbons (Fsp3) is 0.400. The summed E-state index contributed by atoms with van der Waals surface area (Å²) in [6, 6.07) is 4.86. The number of carbonyl (C=O) groups excluding carboxylic acids is 1. The monoisotopic (exact) mass is 275 g/mol. The Morgan fingerprint density at radius 1 is 1.45 bits per heavy atom. The number of carbonyl (C=O) groups is 1. The molecule has 2 rings (SSSR count). The zero-order chi connectivity index (χ0) is 14.4. The van der Waals surface area contributed by atoms with E-state index in [9.17, 15) is 9.18 Å². The number of hydrogen-bond acceptors (Lipinski definition) is 3. The molecule has 1 aliphatic heterocycles. The average Bonchev–Trinajstić information content (AvgIpc) is 2.63. The van der Waals surface area contributed by atoms with Crippen molar-refractivity contribution in [3.63, 3.8) is 0 Å². The summed E-state index contributed by atoms with van der Waals surface area (Å²) in [6.45, 7) is 2.76. The van der Waals surface area contributed by atoms with E-state index in [0.29, 0.717) is 25.2 Å². The molecule has 1 saturated heterocycles. The van der Waals surface area contributed by atoms with Gasteiger partial charge in [-0.15, -0.1) is 0 Å². The number of nitrogens with two attached hydrogens (primary N) is 1. The first-order valence-electron chi connectivity index (χ1n) is 6.65. The zero-order valence-corrected chi connectivity index (χ0v) is 11.3. The Bertz CT molecular complexity index is 548. The number of hydrogen-bond donors (Lipinski definition) is 2. The van der Waals surface area contributed by atoms with Crippen molar-refractivity contribution in [2.24, 2.45) is 5.73 Å². The highest BCUT2D eigenvalue weighted by molar-refractivity contribution is 5.78. The zero-order valence-electron chi connectivity index (χ0n) is 11.3. The number of benzene rings is 1. The van der Waals surface area contributed by atoms with Gasteiger partial charge in [0.05, 0.1) is 18.7 Å². The molecule has 1 fully saturated rings. The molecule has 20 heavy (non-hydrogen) atoms. The normalized spacial score (nSPS) is 16.0. The Kier molecular flexibility index (Phi) is 5.10. The van der Waals surface area contributed by atoms with Crippen LogP contribution in [0.25, 0.3) is 0 Å². The van der Waals surface area contributed by atoms with Crippen LogP contribution in [0, 0.1) is 17.7 Å². The van der Waals surface area contributed by atoms with Crippen molar-refractivity contribution in [1.29, 1.82) is 0 Å². The van der Waals surface area contributed by atoms with Gasteiger partial charge in [-0.3, -0.25) is 9.69 Å². The van der Waals surface area contributed by atoms with Crippen molar-refractivity contribution < 1.29 is 9.18 Å². The van der Waals surface area contributed by atoms with Crippen molar-refractivity contribution in [2.45, 2.75) is 13.0 Å². The van der Waals surface area contributed by atoms with Gasteiger partial charge in [0, 0.05) is 19.6 Å². The number of rotatable bonds is 2. The molecule has 0 aromatic heterocycles. The molecule has 0 aliphatic carbocycles. The highest BCUT2D eigenvalue weighted by Crippen LogP contribution is 2.12. The van der Waals surface area contributed by atoms with E-state index in [0.717, 1.165) is 18.5 Å². The Balaban J connectivity index is 2.10. The maximum Gasteiger partial charge on any atom is 0.234 e. The van der Waals surface area contributed by atoms with Crippen LogP contribution in [0.1, 0.15) is 17.5 Å². The average molecular weight is 275 g/mol. The van der Waals surface area contributed by atoms with E-state index in [1.54, 1.807) is 12.1 Å². The summed E-state index contributed by atoms with van der Waals surface area (Å²) < 4.78 is 13.6. The molecule has 3 N–H and O–H groups in total. The van der Waals surface area contributed by atoms with Gasteiger partial charge in [0.25, 0.3) is 0 Å². The van der Waals surface area contributed by atoms with Crippen LogP contribution in [0.2, 0.25) is 0 Å². The van der Waals surface area contributed by atoms with Gasteiger partial charge in [0.2, 0.25) is 5.91 Å². The van der Waals surface area contributed by atoms with E-state index in [1.807, 2.05) is 0 Å². The summed E-state index contributed by atoms with van der Waals surface area (Å²) in [6.07, 6.45) is 0.923. The smallest absolute Gasteiger partial charge is 0.234 e. The second-order valence-electron chi connectivity index (χ2n) is 4.73. The predicted octanol–water partition coefficient (Wildman–Crippen LogP) is 0.458. The summed E-state index contributed by atoms with van der Waals surface area (Å²) in [7, 11) is 0. The molecule has 0 unspecified atom stereocenters. The van der Waals surface area contributed by atoms with E-state index in [4.69, 9.17) is 5.73 Å². The summed E-state index contributed by atoms with van der Waals surface area (Å²) in [5.41, 5.74) is 6.60. The van der Waals surface area contributed by atoms with Crippen LogP contribution in [-0.2, 0) is 11.3 Å². The first-order chi connectivity index (χ1) is 9.69. The summed E-state index contributed by atoms with van der Waals surface area (Å²) >= 11 is 0. The van der Waals surface area contributed by atoms with Crippen LogP contribution in [0.3, 0.4) is 0 Å². The van der Waals surface area contributed by atoms with Crippen molar-refractivity contribution >= 4 is 5.91 Å². The summed E-state index contributed by atoms with van der Waals surface area (Å²) in [5.74, 6) is 5.07. The number of amides is 1. The van der Waals surface area contributed by atoms with Crippen LogP contribution >= 0.6 is 0 Å². The van der Waals surface area contributed by atoms with Crippen LogP contribution in [0.4, 0.5) is 4.39 Å². The molecule has 106 valence electrons. The highest BCUT2D eigenvalue weighted by atomic mass is 19.1. The van der Waals surface area contributed by atoms with Gasteiger partial charge in [0.1, 0.15) is 5.82 Å². The van der Waals surface area contributed by atoms with E-state index in [2.05, 4.69) is 22.1 Å². The van der Waals surface area contributed by atoms with E-state index in [1.165, 1.54) is 6.07 Å². The third kappa shape index (κ3) is 4.05. The molecule has 1 heterocycles. The van der Waals surface area contributed by atoms with Crippen LogP contribution in [-0.4, -0.2) is 37.0 Å². The van der Waals surface area contributed by atoms with Gasteiger partial charge >= 0.3 is 0 Å². The molecule has 0 atom stereocenters. The Morgan fingerprint density at radius 2 is 2.30 bits per heavy atom. The Hall–Kier alpha value is -1.90. The largest absolute Gasteiger partial charge is 0.355 e. The van der Waals surface area contributed by atoms with Crippen molar-refractivity contribution in [3.8, 4) is 11.8 Å². The SMILES string of the molecule is NCC#Cc1cc(CN2CCCNC(=O)C2)ccc1F. The number of nitrogens with zero attached hydrogens (tertiary/aromatic N) is 1. The van der Waals surface area contributed by atoms with Crippen LogP contribution in [0.5, 0.6) is 0 Å². The molecule has 0 radical (unpaired) electrons. The van der Waals surface area contributed by atoms with Gasteiger partial charge in [-0.05, 0) is 24.1 Å². The molecule has 0 spiro atoms. The first kappa shape index (κ1) is 14.5. The third-order valence-electron chi connectivity index (χ3n) is 3.10. The molecule has 0 bridgehead atoms. The first-order valence-corrected chi connectivity index (χ1v) is 6.65. The molecule has 1 amide bonds. The maximum absolute atomic E-state index is 13.6. The van der Waals surface area contributed by atoms with Gasteiger partial charge < -0.3 is 11.1 Å². The lowest BCUT2D eigenvalue weighted by molar-refractivity contribution is -0.121. The molecule has 0 saturated carbocycles. The lowest BCUT2D eigenvalue weighted by Crippen LogP contribution is -2.32. The summed E-state index contributed by atoms with van der Waals surface area (Å²) in [4.78, 5) is 13.5. The van der Waals surface area contributed by atoms with Crippen LogP contribution < -0.4 is 11.1 Å². The second kappa shape index (κ2) is 7.04. The van der Waals surface area contributed by atoms with Crippen molar-refractivity contribution in [3.05, 3.63) is 35.1 Å². The topological polar surface area (TPSA) is 58.4 Å². The highest BCUT2D eigenvalue weighted by Gasteiger charge is 2.15. The van der Waals surface area contributed by atoms with E-state index < -0.39 is 0 Å². The minimum absolute atomic E-state index is 0.0350.